The van der Waals surface area contributed by atoms with E-state index < -0.39 is 0 Å². The predicted molar refractivity (Wildman–Crippen MR) is 93.5 cm³/mol. The molecule has 0 bridgehead atoms. The minimum atomic E-state index is 0.0642. The third kappa shape index (κ3) is 3.48. The largest absolute Gasteiger partial charge is 0.353 e. The second kappa shape index (κ2) is 6.59. The summed E-state index contributed by atoms with van der Waals surface area (Å²) in [5.74, 6) is 0.0642. The first-order chi connectivity index (χ1) is 11.0. The van der Waals surface area contributed by atoms with Crippen LogP contribution in [0.4, 0.5) is 5.69 Å². The highest BCUT2D eigenvalue weighted by Gasteiger charge is 2.28. The van der Waals surface area contributed by atoms with Gasteiger partial charge in [-0.1, -0.05) is 6.07 Å². The third-order valence-electron chi connectivity index (χ3n) is 4.83. The molecule has 1 N–H and O–H groups in total. The number of aromatic nitrogens is 1. The molecule has 4 heteroatoms. The average molecular weight is 311 g/mol. The molecule has 1 amide bonds. The number of carbonyl (C=O) groups excluding carboxylic acids is 1. The van der Waals surface area contributed by atoms with Crippen molar-refractivity contribution in [2.24, 2.45) is 7.05 Å². The number of amides is 1. The van der Waals surface area contributed by atoms with E-state index in [1.54, 1.807) is 0 Å². The molecule has 1 aliphatic heterocycles. The van der Waals surface area contributed by atoms with E-state index in [0.29, 0.717) is 12.6 Å². The Morgan fingerprint density at radius 2 is 2.09 bits per heavy atom. The summed E-state index contributed by atoms with van der Waals surface area (Å²) in [7, 11) is 2.07. The van der Waals surface area contributed by atoms with Crippen molar-refractivity contribution < 1.29 is 4.79 Å². The fourth-order valence-corrected chi connectivity index (χ4v) is 3.37. The zero-order chi connectivity index (χ0) is 16.4. The molecule has 122 valence electrons. The van der Waals surface area contributed by atoms with Crippen molar-refractivity contribution in [2.45, 2.75) is 32.7 Å². The smallest absolute Gasteiger partial charge is 0.238 e. The molecule has 1 saturated heterocycles. The summed E-state index contributed by atoms with van der Waals surface area (Å²) in [6.45, 7) is 5.57. The molecular weight excluding hydrogens is 286 g/mol. The molecule has 23 heavy (non-hydrogen) atoms. The SMILES string of the molecule is Cc1ccc(NC(=O)CN2CCC[C@H]2c2cccn2C)cc1C. The summed E-state index contributed by atoms with van der Waals surface area (Å²) in [4.78, 5) is 14.7. The molecule has 0 saturated carbocycles. The summed E-state index contributed by atoms with van der Waals surface area (Å²) >= 11 is 0. The van der Waals surface area contributed by atoms with Crippen molar-refractivity contribution in [3.63, 3.8) is 0 Å². The molecule has 1 aromatic heterocycles. The van der Waals surface area contributed by atoms with Gasteiger partial charge in [0.15, 0.2) is 0 Å². The van der Waals surface area contributed by atoms with Gasteiger partial charge in [0.1, 0.15) is 0 Å². The predicted octanol–water partition coefficient (Wildman–Crippen LogP) is 3.42. The molecule has 0 radical (unpaired) electrons. The molecule has 0 unspecified atom stereocenters. The van der Waals surface area contributed by atoms with Gasteiger partial charge >= 0.3 is 0 Å². The first-order valence-corrected chi connectivity index (χ1v) is 8.27. The maximum Gasteiger partial charge on any atom is 0.238 e. The zero-order valence-corrected chi connectivity index (χ0v) is 14.2. The lowest BCUT2D eigenvalue weighted by atomic mass is 10.1. The van der Waals surface area contributed by atoms with Crippen molar-refractivity contribution in [1.82, 2.24) is 9.47 Å². The van der Waals surface area contributed by atoms with Crippen LogP contribution in [0.15, 0.2) is 36.5 Å². The number of nitrogens with zero attached hydrogens (tertiary/aromatic N) is 2. The Morgan fingerprint density at radius 3 is 2.78 bits per heavy atom. The maximum atomic E-state index is 12.4. The molecule has 1 fully saturated rings. The highest BCUT2D eigenvalue weighted by molar-refractivity contribution is 5.92. The van der Waals surface area contributed by atoms with Gasteiger partial charge in [0, 0.05) is 24.6 Å². The molecule has 0 spiro atoms. The van der Waals surface area contributed by atoms with Crippen LogP contribution in [0.5, 0.6) is 0 Å². The Bertz CT molecular complexity index is 704. The summed E-state index contributed by atoms with van der Waals surface area (Å²) in [5.41, 5.74) is 4.62. The van der Waals surface area contributed by atoms with Crippen LogP contribution in [-0.4, -0.2) is 28.5 Å². The van der Waals surface area contributed by atoms with Crippen molar-refractivity contribution in [2.75, 3.05) is 18.4 Å². The quantitative estimate of drug-likeness (QED) is 0.939. The van der Waals surface area contributed by atoms with Crippen LogP contribution < -0.4 is 5.32 Å². The number of carbonyl (C=O) groups is 1. The number of benzene rings is 1. The molecule has 3 rings (SSSR count). The summed E-state index contributed by atoms with van der Waals surface area (Å²) in [5, 5.41) is 3.03. The van der Waals surface area contributed by atoms with Gasteiger partial charge in [-0.3, -0.25) is 9.69 Å². The molecule has 1 aromatic carbocycles. The normalized spacial score (nSPS) is 18.3. The Labute approximate surface area is 138 Å². The summed E-state index contributed by atoms with van der Waals surface area (Å²) in [6.07, 6.45) is 4.34. The molecule has 1 aliphatic rings. The van der Waals surface area contributed by atoms with Gasteiger partial charge < -0.3 is 9.88 Å². The first-order valence-electron chi connectivity index (χ1n) is 8.27. The number of hydrogen-bond donors (Lipinski definition) is 1. The van der Waals surface area contributed by atoms with Gasteiger partial charge in [0.05, 0.1) is 12.6 Å². The van der Waals surface area contributed by atoms with Crippen molar-refractivity contribution in [3.8, 4) is 0 Å². The summed E-state index contributed by atoms with van der Waals surface area (Å²) in [6, 6.07) is 10.6. The van der Waals surface area contributed by atoms with Crippen LogP contribution in [0, 0.1) is 13.8 Å². The van der Waals surface area contributed by atoms with Crippen LogP contribution in [-0.2, 0) is 11.8 Å². The standard InChI is InChI=1S/C19H25N3O/c1-14-8-9-16(12-15(14)2)20-19(23)13-22-11-5-7-18(22)17-6-4-10-21(17)3/h4,6,8-10,12,18H,5,7,11,13H2,1-3H3,(H,20,23)/t18-/m0/s1. The van der Waals surface area contributed by atoms with Gasteiger partial charge in [-0.25, -0.2) is 0 Å². The molecule has 4 nitrogen and oxygen atoms in total. The van der Waals surface area contributed by atoms with Crippen molar-refractivity contribution in [1.29, 1.82) is 0 Å². The molecular formula is C19H25N3O. The van der Waals surface area contributed by atoms with Crippen LogP contribution in [0.25, 0.3) is 0 Å². The third-order valence-corrected chi connectivity index (χ3v) is 4.83. The van der Waals surface area contributed by atoms with E-state index in [9.17, 15) is 4.79 Å². The van der Waals surface area contributed by atoms with Crippen LogP contribution in [0.3, 0.4) is 0 Å². The minimum absolute atomic E-state index is 0.0642. The zero-order valence-electron chi connectivity index (χ0n) is 14.2. The number of rotatable bonds is 4. The fraction of sp³-hybridized carbons (Fsp3) is 0.421. The Morgan fingerprint density at radius 1 is 1.26 bits per heavy atom. The monoisotopic (exact) mass is 311 g/mol. The summed E-state index contributed by atoms with van der Waals surface area (Å²) < 4.78 is 2.16. The average Bonchev–Trinajstić information content (AvgIpc) is 3.11. The Kier molecular flexibility index (Phi) is 4.53. The van der Waals surface area contributed by atoms with E-state index in [2.05, 4.69) is 54.0 Å². The first kappa shape index (κ1) is 15.8. The fourth-order valence-electron chi connectivity index (χ4n) is 3.37. The van der Waals surface area contributed by atoms with Crippen LogP contribution in [0.1, 0.15) is 35.7 Å². The highest BCUT2D eigenvalue weighted by atomic mass is 16.2. The van der Waals surface area contributed by atoms with Gasteiger partial charge in [-0.15, -0.1) is 0 Å². The Balaban J connectivity index is 1.65. The maximum absolute atomic E-state index is 12.4. The van der Waals surface area contributed by atoms with Gasteiger partial charge in [-0.05, 0) is 68.6 Å². The topological polar surface area (TPSA) is 37.3 Å². The second-order valence-corrected chi connectivity index (χ2v) is 6.52. The number of hydrogen-bond acceptors (Lipinski definition) is 2. The van der Waals surface area contributed by atoms with Crippen LogP contribution >= 0.6 is 0 Å². The van der Waals surface area contributed by atoms with E-state index in [-0.39, 0.29) is 5.91 Å². The van der Waals surface area contributed by atoms with Gasteiger partial charge in [-0.2, -0.15) is 0 Å². The minimum Gasteiger partial charge on any atom is -0.353 e. The number of likely N-dealkylation sites (tertiary alicyclic amines) is 1. The lowest BCUT2D eigenvalue weighted by Crippen LogP contribution is -2.33. The lowest BCUT2D eigenvalue weighted by molar-refractivity contribution is -0.117. The van der Waals surface area contributed by atoms with Crippen LogP contribution in [0.2, 0.25) is 0 Å². The highest BCUT2D eigenvalue weighted by Crippen LogP contribution is 2.31. The molecule has 2 heterocycles. The number of anilines is 1. The number of nitrogens with one attached hydrogen (secondary N) is 1. The van der Waals surface area contributed by atoms with Gasteiger partial charge in [0.2, 0.25) is 5.91 Å². The Hall–Kier alpha value is -2.07. The van der Waals surface area contributed by atoms with Crippen molar-refractivity contribution in [3.05, 3.63) is 53.3 Å². The second-order valence-electron chi connectivity index (χ2n) is 6.52. The van der Waals surface area contributed by atoms with E-state index >= 15 is 0 Å². The van der Waals surface area contributed by atoms with Crippen molar-refractivity contribution >= 4 is 11.6 Å². The van der Waals surface area contributed by atoms with E-state index in [1.165, 1.54) is 16.8 Å². The lowest BCUT2D eigenvalue weighted by Gasteiger charge is -2.24. The molecule has 1 atom stereocenters. The van der Waals surface area contributed by atoms with E-state index in [0.717, 1.165) is 25.1 Å². The number of aryl methyl sites for hydroxylation is 3. The molecule has 0 aliphatic carbocycles. The van der Waals surface area contributed by atoms with E-state index in [1.807, 2.05) is 18.2 Å². The molecule has 2 aromatic rings. The van der Waals surface area contributed by atoms with E-state index in [4.69, 9.17) is 0 Å². The van der Waals surface area contributed by atoms with Gasteiger partial charge in [0.25, 0.3) is 0 Å².